The van der Waals surface area contributed by atoms with E-state index in [4.69, 9.17) is 53.8 Å². The molecule has 0 aromatic carbocycles. The number of ether oxygens (including phenoxy) is 4. The Hall–Kier alpha value is -0.310. The van der Waals surface area contributed by atoms with E-state index < -0.39 is 40.7 Å². The lowest BCUT2D eigenvalue weighted by Crippen LogP contribution is -2.43. The molecule has 10 heteroatoms. The summed E-state index contributed by atoms with van der Waals surface area (Å²) in [6.45, 7) is 2.76. The molecule has 1 N–H and O–H groups in total. The number of nitrogens with one attached hydrogen (secondary N) is 1. The smallest absolute Gasteiger partial charge is 0.303 e. The van der Waals surface area contributed by atoms with Crippen LogP contribution in [0.15, 0.2) is 0 Å². The van der Waals surface area contributed by atoms with E-state index in [1.165, 1.54) is 13.8 Å². The zero-order chi connectivity index (χ0) is 15.8. The first kappa shape index (κ1) is 17.1. The third-order valence-electron chi connectivity index (χ3n) is 2.93. The molecule has 2 aliphatic rings. The Morgan fingerprint density at radius 3 is 2.38 bits per heavy atom. The molecule has 120 valence electrons. The van der Waals surface area contributed by atoms with Gasteiger partial charge in [-0.25, -0.2) is 0 Å². The number of rotatable bonds is 3. The summed E-state index contributed by atoms with van der Waals surface area (Å²) in [5.41, 5.74) is 0. The molecule has 2 aliphatic heterocycles. The second-order valence-corrected chi connectivity index (χ2v) is 7.03. The maximum absolute atomic E-state index is 11.2. The quantitative estimate of drug-likeness (QED) is 0.593. The normalized spacial score (nSPS) is 35.4. The van der Waals surface area contributed by atoms with E-state index in [1.54, 1.807) is 0 Å². The third kappa shape index (κ3) is 4.12. The molecule has 0 unspecified atom stereocenters. The van der Waals surface area contributed by atoms with Gasteiger partial charge < -0.3 is 24.3 Å². The molecule has 5 atom stereocenters. The van der Waals surface area contributed by atoms with Crippen molar-refractivity contribution in [1.82, 2.24) is 5.32 Å². The van der Waals surface area contributed by atoms with Gasteiger partial charge in [0.2, 0.25) is 16.0 Å². The molecule has 2 heterocycles. The highest BCUT2D eigenvalue weighted by Crippen LogP contribution is 2.42. The van der Waals surface area contributed by atoms with Crippen LogP contribution in [0, 0.1) is 0 Å². The lowest BCUT2D eigenvalue weighted by Gasteiger charge is -2.25. The molecular weight excluding hydrogens is 348 g/mol. The topological polar surface area (TPSA) is 83.1 Å². The number of amides is 1. The molecule has 0 spiro atoms. The van der Waals surface area contributed by atoms with Gasteiger partial charge in [0.1, 0.15) is 6.10 Å². The Morgan fingerprint density at radius 1 is 1.19 bits per heavy atom. The van der Waals surface area contributed by atoms with Gasteiger partial charge in [0.05, 0.1) is 0 Å². The molecule has 0 aromatic heterocycles. The van der Waals surface area contributed by atoms with E-state index in [9.17, 15) is 9.59 Å². The molecule has 7 nitrogen and oxygen atoms in total. The maximum Gasteiger partial charge on any atom is 0.303 e. The van der Waals surface area contributed by atoms with Gasteiger partial charge in [0, 0.05) is 20.4 Å². The summed E-state index contributed by atoms with van der Waals surface area (Å²) in [5.74, 6) is -0.753. The first-order chi connectivity index (χ1) is 9.68. The molecule has 2 saturated heterocycles. The van der Waals surface area contributed by atoms with Crippen molar-refractivity contribution in [3.63, 3.8) is 0 Å². The van der Waals surface area contributed by atoms with Gasteiger partial charge in [-0.05, 0) is 0 Å². The average Bonchev–Trinajstić information content (AvgIpc) is 2.85. The van der Waals surface area contributed by atoms with Gasteiger partial charge in [0.25, 0.3) is 0 Å². The van der Waals surface area contributed by atoms with Crippen LogP contribution in [-0.4, -0.2) is 53.1 Å². The molecule has 21 heavy (non-hydrogen) atoms. The predicted molar refractivity (Wildman–Crippen MR) is 72.9 cm³/mol. The molecule has 2 fully saturated rings. The number of carbonyl (C=O) groups excluding carboxylic acids is 2. The molecule has 0 radical (unpaired) electrons. The van der Waals surface area contributed by atoms with Crippen LogP contribution in [0.4, 0.5) is 0 Å². The van der Waals surface area contributed by atoms with Crippen LogP contribution in [-0.2, 0) is 28.5 Å². The first-order valence-electron chi connectivity index (χ1n) is 6.13. The molecule has 0 aliphatic carbocycles. The summed E-state index contributed by atoms with van der Waals surface area (Å²) in [5, 5.41) is 2.58. The summed E-state index contributed by atoms with van der Waals surface area (Å²) in [7, 11) is 0. The van der Waals surface area contributed by atoms with E-state index in [1.807, 2.05) is 0 Å². The number of fused-ring (bicyclic) bond motifs is 1. The van der Waals surface area contributed by atoms with Gasteiger partial charge in [0.15, 0.2) is 18.5 Å². The molecule has 0 saturated carbocycles. The van der Waals surface area contributed by atoms with Gasteiger partial charge >= 0.3 is 5.97 Å². The summed E-state index contributed by atoms with van der Waals surface area (Å²) in [6.07, 6.45) is -4.07. The largest absolute Gasteiger partial charge is 0.457 e. The van der Waals surface area contributed by atoms with Crippen molar-refractivity contribution in [2.24, 2.45) is 0 Å². The SMILES string of the molecule is CC(=O)NC[C@@H]1O[C@@H]2O[C@@H](C(Cl)(Cl)Cl)O[C@@H]2[C@H]1OC(C)=O. The molecule has 2 rings (SSSR count). The minimum atomic E-state index is -1.79. The van der Waals surface area contributed by atoms with Crippen molar-refractivity contribution in [2.45, 2.75) is 48.5 Å². The highest BCUT2D eigenvalue weighted by molar-refractivity contribution is 6.67. The van der Waals surface area contributed by atoms with Crippen molar-refractivity contribution >= 4 is 46.7 Å². The highest BCUT2D eigenvalue weighted by Gasteiger charge is 2.57. The Kier molecular flexibility index (Phi) is 5.23. The third-order valence-corrected chi connectivity index (χ3v) is 3.46. The van der Waals surface area contributed by atoms with E-state index in [0.717, 1.165) is 0 Å². The van der Waals surface area contributed by atoms with Gasteiger partial charge in [-0.15, -0.1) is 0 Å². The van der Waals surface area contributed by atoms with Crippen LogP contribution in [0.2, 0.25) is 0 Å². The summed E-state index contributed by atoms with van der Waals surface area (Å²) in [6, 6.07) is 0. The number of hydrogen-bond acceptors (Lipinski definition) is 6. The monoisotopic (exact) mass is 361 g/mol. The number of alkyl halides is 3. The molecular formula is C11H14Cl3NO6. The van der Waals surface area contributed by atoms with Crippen molar-refractivity contribution in [3.05, 3.63) is 0 Å². The Balaban J connectivity index is 2.05. The van der Waals surface area contributed by atoms with Crippen LogP contribution < -0.4 is 5.32 Å². The van der Waals surface area contributed by atoms with Gasteiger partial charge in [-0.2, -0.15) is 0 Å². The summed E-state index contributed by atoms with van der Waals surface area (Å²) in [4.78, 5) is 22.2. The highest BCUT2D eigenvalue weighted by atomic mass is 35.6. The van der Waals surface area contributed by atoms with Gasteiger partial charge in [-0.1, -0.05) is 34.8 Å². The molecule has 1 amide bonds. The fourth-order valence-electron chi connectivity index (χ4n) is 2.14. The molecule has 0 bridgehead atoms. The number of carbonyl (C=O) groups is 2. The zero-order valence-electron chi connectivity index (χ0n) is 11.2. The summed E-state index contributed by atoms with van der Waals surface area (Å²) < 4.78 is 19.8. The van der Waals surface area contributed by atoms with Crippen LogP contribution in [0.5, 0.6) is 0 Å². The minimum Gasteiger partial charge on any atom is -0.457 e. The van der Waals surface area contributed by atoms with Crippen LogP contribution in [0.1, 0.15) is 13.8 Å². The Morgan fingerprint density at radius 2 is 1.86 bits per heavy atom. The summed E-state index contributed by atoms with van der Waals surface area (Å²) >= 11 is 17.1. The Labute approximate surface area is 136 Å². The van der Waals surface area contributed by atoms with E-state index in [2.05, 4.69) is 5.32 Å². The van der Waals surface area contributed by atoms with Crippen molar-refractivity contribution < 1.29 is 28.5 Å². The fraction of sp³-hybridized carbons (Fsp3) is 0.818. The van der Waals surface area contributed by atoms with Gasteiger partial charge in [-0.3, -0.25) is 9.59 Å². The van der Waals surface area contributed by atoms with E-state index >= 15 is 0 Å². The van der Waals surface area contributed by atoms with Crippen LogP contribution >= 0.6 is 34.8 Å². The van der Waals surface area contributed by atoms with Crippen LogP contribution in [0.3, 0.4) is 0 Å². The lowest BCUT2D eigenvalue weighted by molar-refractivity contribution is -0.177. The average molecular weight is 363 g/mol. The molecule has 0 aromatic rings. The Bertz CT molecular complexity index is 429. The standard InChI is InChI=1S/C11H14Cl3NO6/c1-4(16)15-3-6-7(18-5(2)17)8-9(19-6)21-10(20-8)11(12,13)14/h6-10H,3H2,1-2H3,(H,15,16)/t6-,7-,8+,9+,10-/m0/s1. The first-order valence-corrected chi connectivity index (χ1v) is 7.26. The van der Waals surface area contributed by atoms with E-state index in [-0.39, 0.29) is 12.5 Å². The minimum absolute atomic E-state index is 0.144. The predicted octanol–water partition coefficient (Wildman–Crippen LogP) is 0.891. The van der Waals surface area contributed by atoms with Crippen molar-refractivity contribution in [3.8, 4) is 0 Å². The maximum atomic E-state index is 11.2. The zero-order valence-corrected chi connectivity index (χ0v) is 13.4. The number of hydrogen-bond donors (Lipinski definition) is 1. The fourth-order valence-corrected chi connectivity index (χ4v) is 2.45. The van der Waals surface area contributed by atoms with Crippen LogP contribution in [0.25, 0.3) is 0 Å². The van der Waals surface area contributed by atoms with Crippen molar-refractivity contribution in [2.75, 3.05) is 6.54 Å². The number of halogens is 3. The van der Waals surface area contributed by atoms with Crippen molar-refractivity contribution in [1.29, 1.82) is 0 Å². The van der Waals surface area contributed by atoms with E-state index in [0.29, 0.717) is 0 Å². The number of esters is 1. The second-order valence-electron chi connectivity index (χ2n) is 4.66. The lowest BCUT2D eigenvalue weighted by atomic mass is 10.1. The second kappa shape index (κ2) is 6.44.